The lowest BCUT2D eigenvalue weighted by Crippen LogP contribution is -2.24. The first-order chi connectivity index (χ1) is 10.1. The molecule has 3 N–H and O–H groups in total. The van der Waals surface area contributed by atoms with Gasteiger partial charge in [0.2, 0.25) is 0 Å². The van der Waals surface area contributed by atoms with Crippen molar-refractivity contribution in [1.82, 2.24) is 19.3 Å². The van der Waals surface area contributed by atoms with Crippen LogP contribution in [0.3, 0.4) is 0 Å². The average Bonchev–Trinajstić information content (AvgIpc) is 3.05. The highest BCUT2D eigenvalue weighted by atomic mass is 16.1. The summed E-state index contributed by atoms with van der Waals surface area (Å²) in [6.07, 6.45) is 5.23. The summed E-state index contributed by atoms with van der Waals surface area (Å²) in [7, 11) is 0. The van der Waals surface area contributed by atoms with Gasteiger partial charge in [0.25, 0.3) is 0 Å². The third kappa shape index (κ3) is 2.14. The fourth-order valence-corrected chi connectivity index (χ4v) is 2.39. The number of nitrogens with two attached hydrogens (primary N) is 1. The monoisotopic (exact) mass is 283 g/mol. The second-order valence-electron chi connectivity index (χ2n) is 5.17. The molecule has 108 valence electrons. The van der Waals surface area contributed by atoms with Crippen LogP contribution in [0.15, 0.2) is 47.7 Å². The third-order valence-corrected chi connectivity index (χ3v) is 3.48. The fourth-order valence-electron chi connectivity index (χ4n) is 2.39. The summed E-state index contributed by atoms with van der Waals surface area (Å²) in [5, 5.41) is 6.67. The lowest BCUT2D eigenvalue weighted by atomic mass is 10.1. The van der Waals surface area contributed by atoms with Crippen molar-refractivity contribution in [1.29, 1.82) is 0 Å². The van der Waals surface area contributed by atoms with Gasteiger partial charge in [-0.2, -0.15) is 5.10 Å². The van der Waals surface area contributed by atoms with Crippen LogP contribution < -0.4 is 11.4 Å². The van der Waals surface area contributed by atoms with Gasteiger partial charge in [-0.25, -0.2) is 4.79 Å². The topological polar surface area (TPSA) is 81.6 Å². The van der Waals surface area contributed by atoms with Crippen LogP contribution in [0.25, 0.3) is 16.8 Å². The Hall–Kier alpha value is -2.76. The number of imidazole rings is 1. The summed E-state index contributed by atoms with van der Waals surface area (Å²) in [6, 6.07) is 7.75. The van der Waals surface area contributed by atoms with E-state index in [1.165, 1.54) is 0 Å². The summed E-state index contributed by atoms with van der Waals surface area (Å²) < 4.78 is 3.32. The normalized spacial score (nSPS) is 11.2. The number of aromatic nitrogens is 4. The van der Waals surface area contributed by atoms with Gasteiger partial charge in [0.1, 0.15) is 5.82 Å². The molecule has 3 rings (SSSR count). The molecule has 0 aliphatic carbocycles. The number of anilines is 1. The Balaban J connectivity index is 2.21. The first kappa shape index (κ1) is 13.2. The number of nitrogens with zero attached hydrogens (tertiary/aromatic N) is 3. The molecule has 3 aromatic rings. The van der Waals surface area contributed by atoms with Crippen molar-refractivity contribution in [3.63, 3.8) is 0 Å². The molecule has 0 saturated carbocycles. The molecule has 0 atom stereocenters. The number of rotatable bonds is 3. The number of hydrogen-bond acceptors (Lipinski definition) is 3. The Morgan fingerprint density at radius 1 is 1.19 bits per heavy atom. The number of nitrogen functional groups attached to an aromatic ring is 1. The predicted molar refractivity (Wildman–Crippen MR) is 82.4 cm³/mol. The van der Waals surface area contributed by atoms with E-state index in [1.54, 1.807) is 27.7 Å². The van der Waals surface area contributed by atoms with Crippen LogP contribution in [0.4, 0.5) is 5.82 Å². The molecule has 0 amide bonds. The van der Waals surface area contributed by atoms with Gasteiger partial charge in [0.05, 0.1) is 11.9 Å². The van der Waals surface area contributed by atoms with Crippen LogP contribution in [0, 0.1) is 0 Å². The van der Waals surface area contributed by atoms with Crippen LogP contribution in [0.1, 0.15) is 19.9 Å². The molecule has 0 radical (unpaired) electrons. The van der Waals surface area contributed by atoms with Crippen molar-refractivity contribution in [3.05, 3.63) is 53.3 Å². The van der Waals surface area contributed by atoms with Gasteiger partial charge in [-0.1, -0.05) is 18.2 Å². The van der Waals surface area contributed by atoms with Crippen LogP contribution in [0.2, 0.25) is 0 Å². The number of benzene rings is 1. The Bertz CT molecular complexity index is 824. The number of hydrogen-bond donors (Lipinski definition) is 2. The third-order valence-electron chi connectivity index (χ3n) is 3.48. The zero-order chi connectivity index (χ0) is 15.0. The van der Waals surface area contributed by atoms with Crippen LogP contribution in [-0.2, 0) is 0 Å². The molecule has 0 fully saturated rings. The van der Waals surface area contributed by atoms with E-state index in [0.717, 1.165) is 16.8 Å². The van der Waals surface area contributed by atoms with Crippen LogP contribution in [0.5, 0.6) is 0 Å². The quantitative estimate of drug-likeness (QED) is 0.773. The molecule has 0 spiro atoms. The molecule has 21 heavy (non-hydrogen) atoms. The minimum atomic E-state index is -0.0699. The first-order valence-electron chi connectivity index (χ1n) is 6.77. The predicted octanol–water partition coefficient (Wildman–Crippen LogP) is 2.19. The average molecular weight is 283 g/mol. The van der Waals surface area contributed by atoms with Crippen molar-refractivity contribution in [2.45, 2.75) is 19.9 Å². The Morgan fingerprint density at radius 2 is 1.95 bits per heavy atom. The lowest BCUT2D eigenvalue weighted by Gasteiger charge is -2.09. The van der Waals surface area contributed by atoms with E-state index < -0.39 is 0 Å². The number of aromatic amines is 1. The molecule has 0 saturated heterocycles. The van der Waals surface area contributed by atoms with Gasteiger partial charge in [-0.3, -0.25) is 14.2 Å². The molecule has 0 aliphatic heterocycles. The maximum absolute atomic E-state index is 12.5. The summed E-state index contributed by atoms with van der Waals surface area (Å²) in [5.74, 6) is 0.485. The highest BCUT2D eigenvalue weighted by Gasteiger charge is 2.14. The number of nitrogens with one attached hydrogen (secondary N) is 1. The van der Waals surface area contributed by atoms with E-state index in [9.17, 15) is 4.79 Å². The molecular weight excluding hydrogens is 266 g/mol. The molecule has 0 bridgehead atoms. The van der Waals surface area contributed by atoms with Gasteiger partial charge < -0.3 is 5.73 Å². The highest BCUT2D eigenvalue weighted by Crippen LogP contribution is 2.29. The summed E-state index contributed by atoms with van der Waals surface area (Å²) in [4.78, 5) is 12.5. The van der Waals surface area contributed by atoms with Crippen molar-refractivity contribution >= 4 is 5.82 Å². The second kappa shape index (κ2) is 4.97. The standard InChI is InChI=1S/C15H17N5O/c1-10(2)19-7-8-20(15(19)21)13-6-4-3-5-11(13)12-9-17-18-14(12)16/h3-10H,1-2H3,(H3,16,17,18). The van der Waals surface area contributed by atoms with Crippen molar-refractivity contribution in [3.8, 4) is 16.8 Å². The molecule has 0 aliphatic rings. The van der Waals surface area contributed by atoms with Crippen molar-refractivity contribution in [2.24, 2.45) is 0 Å². The van der Waals surface area contributed by atoms with E-state index in [4.69, 9.17) is 5.73 Å². The minimum Gasteiger partial charge on any atom is -0.384 e. The van der Waals surface area contributed by atoms with Crippen LogP contribution in [-0.4, -0.2) is 19.3 Å². The molecule has 0 unspecified atom stereocenters. The van der Waals surface area contributed by atoms with E-state index in [2.05, 4.69) is 10.2 Å². The molecular formula is C15H17N5O. The highest BCUT2D eigenvalue weighted by molar-refractivity contribution is 5.79. The fraction of sp³-hybridized carbons (Fsp3) is 0.200. The van der Waals surface area contributed by atoms with Gasteiger partial charge in [-0.05, 0) is 19.9 Å². The Kier molecular flexibility index (Phi) is 3.13. The summed E-state index contributed by atoms with van der Waals surface area (Å²) in [5.41, 5.74) is 8.27. The van der Waals surface area contributed by atoms with Gasteiger partial charge in [0, 0.05) is 29.6 Å². The summed E-state index contributed by atoms with van der Waals surface area (Å²) >= 11 is 0. The number of H-pyrrole nitrogens is 1. The minimum absolute atomic E-state index is 0.0699. The van der Waals surface area contributed by atoms with Gasteiger partial charge >= 0.3 is 5.69 Å². The Morgan fingerprint density at radius 3 is 2.57 bits per heavy atom. The van der Waals surface area contributed by atoms with Crippen molar-refractivity contribution in [2.75, 3.05) is 5.73 Å². The molecule has 6 nitrogen and oxygen atoms in total. The van der Waals surface area contributed by atoms with Gasteiger partial charge in [-0.15, -0.1) is 0 Å². The molecule has 6 heteroatoms. The van der Waals surface area contributed by atoms with E-state index >= 15 is 0 Å². The summed E-state index contributed by atoms with van der Waals surface area (Å²) in [6.45, 7) is 3.96. The molecule has 2 heterocycles. The van der Waals surface area contributed by atoms with E-state index in [1.807, 2.05) is 38.1 Å². The zero-order valence-electron chi connectivity index (χ0n) is 11.9. The van der Waals surface area contributed by atoms with E-state index in [-0.39, 0.29) is 11.7 Å². The van der Waals surface area contributed by atoms with Gasteiger partial charge in [0.15, 0.2) is 0 Å². The smallest absolute Gasteiger partial charge is 0.332 e. The Labute approximate surface area is 121 Å². The molecule has 2 aromatic heterocycles. The maximum Gasteiger partial charge on any atom is 0.332 e. The van der Waals surface area contributed by atoms with E-state index in [0.29, 0.717) is 5.82 Å². The van der Waals surface area contributed by atoms with Crippen molar-refractivity contribution < 1.29 is 0 Å². The lowest BCUT2D eigenvalue weighted by molar-refractivity contribution is 0.574. The van der Waals surface area contributed by atoms with Crippen LogP contribution >= 0.6 is 0 Å². The SMILES string of the molecule is CC(C)n1ccn(-c2ccccc2-c2cn[nH]c2N)c1=O. The molecule has 1 aromatic carbocycles. The zero-order valence-corrected chi connectivity index (χ0v) is 11.9. The second-order valence-corrected chi connectivity index (χ2v) is 5.17. The number of para-hydroxylation sites is 1. The first-order valence-corrected chi connectivity index (χ1v) is 6.77. The largest absolute Gasteiger partial charge is 0.384 e. The maximum atomic E-state index is 12.5.